The monoisotopic (exact) mass is 263 g/mol. The summed E-state index contributed by atoms with van der Waals surface area (Å²) in [5, 5.41) is 5.48. The minimum atomic E-state index is -0.193. The lowest BCUT2D eigenvalue weighted by Crippen LogP contribution is -2.40. The average Bonchev–Trinajstić information content (AvgIpc) is 2.39. The van der Waals surface area contributed by atoms with Gasteiger partial charge in [0, 0.05) is 18.7 Å². The number of benzene rings is 1. The third kappa shape index (κ3) is 3.15. The van der Waals surface area contributed by atoms with Gasteiger partial charge in [0.05, 0.1) is 18.7 Å². The van der Waals surface area contributed by atoms with E-state index in [9.17, 15) is 9.59 Å². The van der Waals surface area contributed by atoms with Crippen LogP contribution in [0.1, 0.15) is 12.8 Å². The number of anilines is 2. The number of methoxy groups -OCH3 is 1. The van der Waals surface area contributed by atoms with E-state index in [0.29, 0.717) is 36.5 Å². The van der Waals surface area contributed by atoms with Crippen molar-refractivity contribution in [2.45, 2.75) is 12.8 Å². The SMILES string of the molecule is COc1ccc(NC(=O)C2CCC(=O)NC2)cc1N. The normalized spacial score (nSPS) is 18.6. The van der Waals surface area contributed by atoms with E-state index in [4.69, 9.17) is 10.5 Å². The Labute approximate surface area is 111 Å². The van der Waals surface area contributed by atoms with E-state index in [-0.39, 0.29) is 17.7 Å². The zero-order chi connectivity index (χ0) is 13.8. The lowest BCUT2D eigenvalue weighted by molar-refractivity contribution is -0.126. The molecule has 1 aromatic rings. The van der Waals surface area contributed by atoms with Crippen LogP contribution >= 0.6 is 0 Å². The predicted octanol–water partition coefficient (Wildman–Crippen LogP) is 0.742. The van der Waals surface area contributed by atoms with Gasteiger partial charge >= 0.3 is 0 Å². The molecule has 1 aliphatic rings. The van der Waals surface area contributed by atoms with E-state index in [1.54, 1.807) is 18.2 Å². The van der Waals surface area contributed by atoms with Crippen LogP contribution in [-0.2, 0) is 9.59 Å². The van der Waals surface area contributed by atoms with Crippen molar-refractivity contribution >= 4 is 23.2 Å². The summed E-state index contributed by atoms with van der Waals surface area (Å²) in [6, 6.07) is 5.08. The molecule has 1 fully saturated rings. The fourth-order valence-corrected chi connectivity index (χ4v) is 2.01. The van der Waals surface area contributed by atoms with E-state index in [1.165, 1.54) is 7.11 Å². The number of nitrogens with two attached hydrogens (primary N) is 1. The van der Waals surface area contributed by atoms with Crippen LogP contribution in [0.5, 0.6) is 5.75 Å². The Balaban J connectivity index is 1.99. The van der Waals surface area contributed by atoms with Crippen LogP contribution in [0.15, 0.2) is 18.2 Å². The summed E-state index contributed by atoms with van der Waals surface area (Å²) in [6.45, 7) is 0.385. The number of hydrogen-bond donors (Lipinski definition) is 3. The number of nitrogens with one attached hydrogen (secondary N) is 2. The first kappa shape index (κ1) is 13.2. The van der Waals surface area contributed by atoms with Crippen LogP contribution in [0.4, 0.5) is 11.4 Å². The minimum absolute atomic E-state index is 0.00209. The molecule has 2 amide bonds. The molecule has 0 spiro atoms. The summed E-state index contributed by atoms with van der Waals surface area (Å²) in [6.07, 6.45) is 0.964. The van der Waals surface area contributed by atoms with Crippen molar-refractivity contribution in [3.05, 3.63) is 18.2 Å². The molecule has 6 heteroatoms. The number of carbonyl (C=O) groups is 2. The van der Waals surface area contributed by atoms with Gasteiger partial charge in [-0.1, -0.05) is 0 Å². The van der Waals surface area contributed by atoms with Gasteiger partial charge in [-0.2, -0.15) is 0 Å². The van der Waals surface area contributed by atoms with Crippen LogP contribution in [0.25, 0.3) is 0 Å². The maximum atomic E-state index is 12.0. The highest BCUT2D eigenvalue weighted by atomic mass is 16.5. The minimum Gasteiger partial charge on any atom is -0.495 e. The first-order valence-electron chi connectivity index (χ1n) is 6.11. The van der Waals surface area contributed by atoms with Gasteiger partial charge in [-0.25, -0.2) is 0 Å². The quantitative estimate of drug-likeness (QED) is 0.701. The molecular formula is C13H17N3O3. The number of ether oxygens (including phenoxy) is 1. The van der Waals surface area contributed by atoms with Gasteiger partial charge in [0.25, 0.3) is 0 Å². The third-order valence-electron chi connectivity index (χ3n) is 3.13. The van der Waals surface area contributed by atoms with Crippen molar-refractivity contribution in [3.63, 3.8) is 0 Å². The van der Waals surface area contributed by atoms with Crippen LogP contribution in [0.3, 0.4) is 0 Å². The number of rotatable bonds is 3. The lowest BCUT2D eigenvalue weighted by atomic mass is 9.98. The Kier molecular flexibility index (Phi) is 3.89. The third-order valence-corrected chi connectivity index (χ3v) is 3.13. The molecule has 0 aliphatic carbocycles. The summed E-state index contributed by atoms with van der Waals surface area (Å²) in [5.74, 6) is 0.270. The highest BCUT2D eigenvalue weighted by molar-refractivity contribution is 5.94. The highest BCUT2D eigenvalue weighted by Crippen LogP contribution is 2.25. The van der Waals surface area contributed by atoms with Gasteiger partial charge in [-0.15, -0.1) is 0 Å². The zero-order valence-electron chi connectivity index (χ0n) is 10.7. The topological polar surface area (TPSA) is 93.4 Å². The molecule has 2 rings (SSSR count). The van der Waals surface area contributed by atoms with Crippen molar-refractivity contribution in [1.82, 2.24) is 5.32 Å². The van der Waals surface area contributed by atoms with Crippen molar-refractivity contribution in [2.24, 2.45) is 5.92 Å². The molecule has 1 aromatic carbocycles. The van der Waals surface area contributed by atoms with E-state index in [0.717, 1.165) is 0 Å². The molecule has 0 radical (unpaired) electrons. The second kappa shape index (κ2) is 5.60. The number of carbonyl (C=O) groups excluding carboxylic acids is 2. The Bertz CT molecular complexity index is 492. The fraction of sp³-hybridized carbons (Fsp3) is 0.385. The van der Waals surface area contributed by atoms with Crippen LogP contribution in [-0.4, -0.2) is 25.5 Å². The first-order chi connectivity index (χ1) is 9.10. The molecule has 6 nitrogen and oxygen atoms in total. The fourth-order valence-electron chi connectivity index (χ4n) is 2.01. The van der Waals surface area contributed by atoms with Gasteiger partial charge in [0.15, 0.2) is 0 Å². The lowest BCUT2D eigenvalue weighted by Gasteiger charge is -2.21. The van der Waals surface area contributed by atoms with E-state index < -0.39 is 0 Å². The smallest absolute Gasteiger partial charge is 0.229 e. The van der Waals surface area contributed by atoms with Crippen molar-refractivity contribution in [3.8, 4) is 5.75 Å². The zero-order valence-corrected chi connectivity index (χ0v) is 10.7. The number of amides is 2. The van der Waals surface area contributed by atoms with Gasteiger partial charge < -0.3 is 21.1 Å². The van der Waals surface area contributed by atoms with Crippen LogP contribution in [0, 0.1) is 5.92 Å². The molecule has 102 valence electrons. The molecule has 1 heterocycles. The molecule has 4 N–H and O–H groups in total. The van der Waals surface area contributed by atoms with Gasteiger partial charge in [0.2, 0.25) is 11.8 Å². The van der Waals surface area contributed by atoms with Gasteiger partial charge in [-0.3, -0.25) is 9.59 Å². The van der Waals surface area contributed by atoms with Crippen LogP contribution in [0.2, 0.25) is 0 Å². The summed E-state index contributed by atoms with van der Waals surface area (Å²) in [4.78, 5) is 23.0. The standard InChI is InChI=1S/C13H17N3O3/c1-19-11-4-3-9(6-10(11)14)16-13(18)8-2-5-12(17)15-7-8/h3-4,6,8H,2,5,7,14H2,1H3,(H,15,17)(H,16,18). The molecule has 0 bridgehead atoms. The maximum absolute atomic E-state index is 12.0. The molecule has 0 saturated carbocycles. The van der Waals surface area contributed by atoms with Crippen molar-refractivity contribution in [1.29, 1.82) is 0 Å². The van der Waals surface area contributed by atoms with E-state index >= 15 is 0 Å². The molecular weight excluding hydrogens is 246 g/mol. The molecule has 1 atom stereocenters. The average molecular weight is 263 g/mol. The largest absolute Gasteiger partial charge is 0.495 e. The molecule has 0 aromatic heterocycles. The van der Waals surface area contributed by atoms with Gasteiger partial charge in [-0.05, 0) is 24.6 Å². The first-order valence-corrected chi connectivity index (χ1v) is 6.11. The second-order valence-electron chi connectivity index (χ2n) is 4.49. The Hall–Kier alpha value is -2.24. The summed E-state index contributed by atoms with van der Waals surface area (Å²) >= 11 is 0. The summed E-state index contributed by atoms with van der Waals surface area (Å²) < 4.78 is 5.05. The summed E-state index contributed by atoms with van der Waals surface area (Å²) in [7, 11) is 1.54. The Morgan fingerprint density at radius 2 is 2.32 bits per heavy atom. The molecule has 1 saturated heterocycles. The molecule has 1 aliphatic heterocycles. The Morgan fingerprint density at radius 1 is 1.53 bits per heavy atom. The predicted molar refractivity (Wildman–Crippen MR) is 71.8 cm³/mol. The Morgan fingerprint density at radius 3 is 2.89 bits per heavy atom. The van der Waals surface area contributed by atoms with Crippen molar-refractivity contribution in [2.75, 3.05) is 24.7 Å². The second-order valence-corrected chi connectivity index (χ2v) is 4.49. The highest BCUT2D eigenvalue weighted by Gasteiger charge is 2.24. The number of hydrogen-bond acceptors (Lipinski definition) is 4. The van der Waals surface area contributed by atoms with E-state index in [2.05, 4.69) is 10.6 Å². The van der Waals surface area contributed by atoms with Gasteiger partial charge in [0.1, 0.15) is 5.75 Å². The molecule has 19 heavy (non-hydrogen) atoms. The van der Waals surface area contributed by atoms with E-state index in [1.807, 2.05) is 0 Å². The van der Waals surface area contributed by atoms with Crippen molar-refractivity contribution < 1.29 is 14.3 Å². The van der Waals surface area contributed by atoms with Crippen LogP contribution < -0.4 is 21.1 Å². The molecule has 1 unspecified atom stereocenters. The number of piperidine rings is 1. The number of nitrogen functional groups attached to an aromatic ring is 1. The summed E-state index contributed by atoms with van der Waals surface area (Å²) in [5.41, 5.74) is 6.87. The maximum Gasteiger partial charge on any atom is 0.229 e.